The summed E-state index contributed by atoms with van der Waals surface area (Å²) in [5, 5.41) is 3.14. The van der Waals surface area contributed by atoms with Gasteiger partial charge in [0.15, 0.2) is 0 Å². The Bertz CT molecular complexity index is 297. The molecule has 0 fully saturated rings. The van der Waals surface area contributed by atoms with Crippen molar-refractivity contribution in [3.8, 4) is 0 Å². The molecule has 2 nitrogen and oxygen atoms in total. The van der Waals surface area contributed by atoms with Gasteiger partial charge in [-0.05, 0) is 31.0 Å². The van der Waals surface area contributed by atoms with E-state index >= 15 is 0 Å². The minimum Gasteiger partial charge on any atom is -0.397 e. The van der Waals surface area contributed by atoms with Crippen molar-refractivity contribution in [3.63, 3.8) is 0 Å². The lowest BCUT2D eigenvalue weighted by molar-refractivity contribution is 0.619. The second-order valence-corrected chi connectivity index (χ2v) is 3.12. The van der Waals surface area contributed by atoms with Crippen LogP contribution in [0.15, 0.2) is 12.1 Å². The summed E-state index contributed by atoms with van der Waals surface area (Å²) in [6.45, 7) is 4.65. The maximum atomic E-state index is 13.0. The second kappa shape index (κ2) is 4.12. The van der Waals surface area contributed by atoms with E-state index in [4.69, 9.17) is 5.73 Å². The molecular weight excluding hydrogens is 167 g/mol. The maximum Gasteiger partial charge on any atom is 0.128 e. The summed E-state index contributed by atoms with van der Waals surface area (Å²) in [4.78, 5) is 0. The van der Waals surface area contributed by atoms with Crippen LogP contribution in [0, 0.1) is 12.7 Å². The molecule has 0 aliphatic heterocycles. The molecule has 0 aromatic heterocycles. The number of rotatable bonds is 3. The molecule has 13 heavy (non-hydrogen) atoms. The van der Waals surface area contributed by atoms with E-state index in [1.807, 2.05) is 0 Å². The Balaban J connectivity index is 2.88. The molecule has 1 aromatic carbocycles. The Morgan fingerprint density at radius 1 is 1.46 bits per heavy atom. The molecule has 0 saturated carbocycles. The van der Waals surface area contributed by atoms with Crippen LogP contribution < -0.4 is 11.1 Å². The van der Waals surface area contributed by atoms with E-state index in [2.05, 4.69) is 12.2 Å². The molecule has 0 aliphatic rings. The van der Waals surface area contributed by atoms with Crippen LogP contribution in [0.2, 0.25) is 0 Å². The summed E-state index contributed by atoms with van der Waals surface area (Å²) in [5.74, 6) is -0.250. The fraction of sp³-hybridized carbons (Fsp3) is 0.400. The summed E-state index contributed by atoms with van der Waals surface area (Å²) in [5.41, 5.74) is 7.54. The summed E-state index contributed by atoms with van der Waals surface area (Å²) in [6.07, 6.45) is 1.02. The lowest BCUT2D eigenvalue weighted by Gasteiger charge is -2.09. The van der Waals surface area contributed by atoms with E-state index in [1.54, 1.807) is 13.0 Å². The van der Waals surface area contributed by atoms with Gasteiger partial charge >= 0.3 is 0 Å². The number of anilines is 2. The molecule has 0 spiro atoms. The first-order chi connectivity index (χ1) is 6.15. The van der Waals surface area contributed by atoms with Gasteiger partial charge in [-0.3, -0.25) is 0 Å². The molecule has 3 N–H and O–H groups in total. The number of hydrogen-bond acceptors (Lipinski definition) is 2. The normalized spacial score (nSPS) is 10.1. The fourth-order valence-electron chi connectivity index (χ4n) is 1.11. The van der Waals surface area contributed by atoms with Gasteiger partial charge in [0.1, 0.15) is 5.82 Å². The number of halogens is 1. The Morgan fingerprint density at radius 3 is 2.77 bits per heavy atom. The summed E-state index contributed by atoms with van der Waals surface area (Å²) < 4.78 is 13.0. The van der Waals surface area contributed by atoms with Crippen molar-refractivity contribution in [3.05, 3.63) is 23.5 Å². The largest absolute Gasteiger partial charge is 0.397 e. The summed E-state index contributed by atoms with van der Waals surface area (Å²) in [7, 11) is 0. The molecule has 0 saturated heterocycles. The van der Waals surface area contributed by atoms with Crippen LogP contribution in [-0.4, -0.2) is 6.54 Å². The molecule has 1 rings (SSSR count). The van der Waals surface area contributed by atoms with Gasteiger partial charge in [0, 0.05) is 6.54 Å². The number of aryl methyl sites for hydroxylation is 1. The topological polar surface area (TPSA) is 38.0 Å². The van der Waals surface area contributed by atoms with Crippen molar-refractivity contribution in [1.82, 2.24) is 0 Å². The zero-order valence-corrected chi connectivity index (χ0v) is 8.02. The van der Waals surface area contributed by atoms with Gasteiger partial charge in [0.25, 0.3) is 0 Å². The lowest BCUT2D eigenvalue weighted by Crippen LogP contribution is -2.04. The van der Waals surface area contributed by atoms with Gasteiger partial charge in [0.2, 0.25) is 0 Å². The lowest BCUT2D eigenvalue weighted by atomic mass is 10.2. The third-order valence-electron chi connectivity index (χ3n) is 1.90. The number of benzene rings is 1. The zero-order valence-electron chi connectivity index (χ0n) is 8.02. The highest BCUT2D eigenvalue weighted by molar-refractivity contribution is 5.67. The van der Waals surface area contributed by atoms with E-state index in [-0.39, 0.29) is 5.82 Å². The SMILES string of the molecule is CCCNc1cc(C)c(F)cc1N. The Labute approximate surface area is 77.9 Å². The highest BCUT2D eigenvalue weighted by Gasteiger charge is 2.03. The average Bonchev–Trinajstić information content (AvgIpc) is 2.09. The zero-order chi connectivity index (χ0) is 9.84. The second-order valence-electron chi connectivity index (χ2n) is 3.12. The molecule has 0 radical (unpaired) electrons. The third kappa shape index (κ3) is 2.34. The van der Waals surface area contributed by atoms with Crippen molar-refractivity contribution < 1.29 is 4.39 Å². The first-order valence-corrected chi connectivity index (χ1v) is 4.44. The average molecular weight is 182 g/mol. The van der Waals surface area contributed by atoms with Gasteiger partial charge < -0.3 is 11.1 Å². The smallest absolute Gasteiger partial charge is 0.128 e. The predicted octanol–water partition coefficient (Wildman–Crippen LogP) is 2.54. The van der Waals surface area contributed by atoms with Crippen LogP contribution in [-0.2, 0) is 0 Å². The molecular formula is C10H15FN2. The molecule has 0 amide bonds. The minimum atomic E-state index is -0.250. The highest BCUT2D eigenvalue weighted by atomic mass is 19.1. The van der Waals surface area contributed by atoms with Gasteiger partial charge in [-0.25, -0.2) is 4.39 Å². The molecule has 0 unspecified atom stereocenters. The van der Waals surface area contributed by atoms with E-state index in [0.29, 0.717) is 11.3 Å². The molecule has 72 valence electrons. The Hall–Kier alpha value is -1.25. The van der Waals surface area contributed by atoms with Crippen molar-refractivity contribution >= 4 is 11.4 Å². The monoisotopic (exact) mass is 182 g/mol. The third-order valence-corrected chi connectivity index (χ3v) is 1.90. The Kier molecular flexibility index (Phi) is 3.12. The van der Waals surface area contributed by atoms with Gasteiger partial charge in [0.05, 0.1) is 11.4 Å². The van der Waals surface area contributed by atoms with E-state index < -0.39 is 0 Å². The summed E-state index contributed by atoms with van der Waals surface area (Å²) >= 11 is 0. The summed E-state index contributed by atoms with van der Waals surface area (Å²) in [6, 6.07) is 3.09. The predicted molar refractivity (Wildman–Crippen MR) is 54.3 cm³/mol. The minimum absolute atomic E-state index is 0.250. The quantitative estimate of drug-likeness (QED) is 0.705. The Morgan fingerprint density at radius 2 is 2.15 bits per heavy atom. The molecule has 0 aliphatic carbocycles. The van der Waals surface area contributed by atoms with Crippen molar-refractivity contribution in [1.29, 1.82) is 0 Å². The van der Waals surface area contributed by atoms with E-state index in [1.165, 1.54) is 6.07 Å². The van der Waals surface area contributed by atoms with Gasteiger partial charge in [-0.1, -0.05) is 6.92 Å². The van der Waals surface area contributed by atoms with E-state index in [0.717, 1.165) is 18.7 Å². The van der Waals surface area contributed by atoms with Crippen LogP contribution in [0.5, 0.6) is 0 Å². The van der Waals surface area contributed by atoms with Crippen LogP contribution in [0.1, 0.15) is 18.9 Å². The van der Waals surface area contributed by atoms with E-state index in [9.17, 15) is 4.39 Å². The van der Waals surface area contributed by atoms with Crippen LogP contribution in [0.25, 0.3) is 0 Å². The first kappa shape index (κ1) is 9.84. The van der Waals surface area contributed by atoms with Crippen LogP contribution in [0.3, 0.4) is 0 Å². The number of hydrogen-bond donors (Lipinski definition) is 2. The molecule has 3 heteroatoms. The molecule has 0 heterocycles. The molecule has 0 atom stereocenters. The fourth-order valence-corrected chi connectivity index (χ4v) is 1.11. The van der Waals surface area contributed by atoms with Crippen molar-refractivity contribution in [2.75, 3.05) is 17.6 Å². The van der Waals surface area contributed by atoms with Gasteiger partial charge in [-0.2, -0.15) is 0 Å². The van der Waals surface area contributed by atoms with Crippen molar-refractivity contribution in [2.45, 2.75) is 20.3 Å². The number of nitrogen functional groups attached to an aromatic ring is 1. The number of nitrogens with two attached hydrogens (primary N) is 1. The maximum absolute atomic E-state index is 13.0. The van der Waals surface area contributed by atoms with Crippen LogP contribution in [0.4, 0.5) is 15.8 Å². The number of nitrogens with one attached hydrogen (secondary N) is 1. The first-order valence-electron chi connectivity index (χ1n) is 4.44. The van der Waals surface area contributed by atoms with Crippen LogP contribution >= 0.6 is 0 Å². The van der Waals surface area contributed by atoms with Gasteiger partial charge in [-0.15, -0.1) is 0 Å². The molecule has 1 aromatic rings. The molecule has 0 bridgehead atoms. The standard InChI is InChI=1S/C10H15FN2/c1-3-4-13-10-5-7(2)8(11)6-9(10)12/h5-6,13H,3-4,12H2,1-2H3. The highest BCUT2D eigenvalue weighted by Crippen LogP contribution is 2.22. The van der Waals surface area contributed by atoms with Crippen molar-refractivity contribution in [2.24, 2.45) is 0 Å².